The average Bonchev–Trinajstić information content (AvgIpc) is 2.67. The van der Waals surface area contributed by atoms with Gasteiger partial charge in [0.05, 0.1) is 32.5 Å². The topological polar surface area (TPSA) is 80.7 Å². The Kier molecular flexibility index (Phi) is 4.93. The second-order valence-corrected chi connectivity index (χ2v) is 5.50. The fourth-order valence-corrected chi connectivity index (χ4v) is 2.81. The Bertz CT molecular complexity index is 968. The van der Waals surface area contributed by atoms with Gasteiger partial charge in [0, 0.05) is 16.5 Å². The van der Waals surface area contributed by atoms with Crippen molar-refractivity contribution in [3.63, 3.8) is 0 Å². The molecule has 0 atom stereocenters. The van der Waals surface area contributed by atoms with Gasteiger partial charge in [-0.25, -0.2) is 4.98 Å². The predicted molar refractivity (Wildman–Crippen MR) is 95.8 cm³/mol. The van der Waals surface area contributed by atoms with Gasteiger partial charge in [-0.05, 0) is 37.3 Å². The van der Waals surface area contributed by atoms with Crippen molar-refractivity contribution in [2.75, 3.05) is 20.8 Å². The number of fused-ring (bicyclic) bond motifs is 1. The molecule has 2 aromatic carbocycles. The molecule has 6 nitrogen and oxygen atoms in total. The highest BCUT2D eigenvalue weighted by Crippen LogP contribution is 2.34. The molecular formula is C20H18NO5-. The third kappa shape index (κ3) is 3.13. The van der Waals surface area contributed by atoms with Crippen molar-refractivity contribution in [1.29, 1.82) is 0 Å². The minimum atomic E-state index is -1.27. The van der Waals surface area contributed by atoms with Gasteiger partial charge in [0.25, 0.3) is 0 Å². The van der Waals surface area contributed by atoms with Crippen LogP contribution >= 0.6 is 0 Å². The molecule has 0 aliphatic rings. The summed E-state index contributed by atoms with van der Waals surface area (Å²) in [6.07, 6.45) is 0. The molecule has 0 fully saturated rings. The monoisotopic (exact) mass is 352 g/mol. The fourth-order valence-electron chi connectivity index (χ4n) is 2.81. The average molecular weight is 352 g/mol. The van der Waals surface area contributed by atoms with E-state index in [0.29, 0.717) is 46.0 Å². The molecule has 26 heavy (non-hydrogen) atoms. The molecule has 1 heterocycles. The first-order valence-corrected chi connectivity index (χ1v) is 8.09. The van der Waals surface area contributed by atoms with Gasteiger partial charge in [-0.3, -0.25) is 0 Å². The Balaban J connectivity index is 2.23. The minimum absolute atomic E-state index is 0.0525. The third-order valence-electron chi connectivity index (χ3n) is 4.00. The number of carbonyl (C=O) groups excluding carboxylic acids is 1. The van der Waals surface area contributed by atoms with Crippen molar-refractivity contribution in [1.82, 2.24) is 4.98 Å². The van der Waals surface area contributed by atoms with E-state index >= 15 is 0 Å². The molecule has 0 N–H and O–H groups in total. The van der Waals surface area contributed by atoms with Crippen molar-refractivity contribution in [2.24, 2.45) is 0 Å². The standard InChI is InChI=1S/C20H19NO5/c1-4-26-16-9-8-12(10-18(16)25-3)15-11-14(20(22)23)13-6-5-7-17(24-2)19(13)21-15/h5-11H,4H2,1-3H3,(H,22,23)/p-1. The zero-order chi connectivity index (χ0) is 18.7. The van der Waals surface area contributed by atoms with Crippen molar-refractivity contribution >= 4 is 16.9 Å². The van der Waals surface area contributed by atoms with Gasteiger partial charge in [0.15, 0.2) is 11.5 Å². The van der Waals surface area contributed by atoms with Crippen LogP contribution in [0.3, 0.4) is 0 Å². The molecule has 0 saturated heterocycles. The number of hydrogen-bond donors (Lipinski definition) is 0. The van der Waals surface area contributed by atoms with E-state index in [2.05, 4.69) is 4.98 Å². The van der Waals surface area contributed by atoms with E-state index < -0.39 is 5.97 Å². The Morgan fingerprint density at radius 2 is 1.81 bits per heavy atom. The summed E-state index contributed by atoms with van der Waals surface area (Å²) >= 11 is 0. The molecule has 0 aliphatic heterocycles. The van der Waals surface area contributed by atoms with Gasteiger partial charge in [0.1, 0.15) is 11.3 Å². The number of pyridine rings is 1. The van der Waals surface area contributed by atoms with Crippen molar-refractivity contribution < 1.29 is 24.1 Å². The molecule has 0 aliphatic carbocycles. The van der Waals surface area contributed by atoms with Crippen LogP contribution in [0, 0.1) is 0 Å². The zero-order valence-electron chi connectivity index (χ0n) is 14.7. The summed E-state index contributed by atoms with van der Waals surface area (Å²) in [5.41, 5.74) is 1.68. The number of carbonyl (C=O) groups is 1. The first-order valence-electron chi connectivity index (χ1n) is 8.09. The molecule has 0 unspecified atom stereocenters. The number of carboxylic acid groups (broad SMARTS) is 1. The van der Waals surface area contributed by atoms with E-state index in [0.717, 1.165) is 0 Å². The highest BCUT2D eigenvalue weighted by molar-refractivity contribution is 6.04. The van der Waals surface area contributed by atoms with Crippen LogP contribution < -0.4 is 19.3 Å². The van der Waals surface area contributed by atoms with Gasteiger partial charge in [-0.2, -0.15) is 0 Å². The fraction of sp³-hybridized carbons (Fsp3) is 0.200. The maximum Gasteiger partial charge on any atom is 0.161 e. The van der Waals surface area contributed by atoms with Gasteiger partial charge in [-0.15, -0.1) is 0 Å². The molecular weight excluding hydrogens is 334 g/mol. The largest absolute Gasteiger partial charge is 0.545 e. The van der Waals surface area contributed by atoms with Crippen LogP contribution in [-0.2, 0) is 0 Å². The second kappa shape index (κ2) is 7.31. The summed E-state index contributed by atoms with van der Waals surface area (Å²) in [5.74, 6) is 0.369. The summed E-state index contributed by atoms with van der Waals surface area (Å²) in [6.45, 7) is 2.40. The minimum Gasteiger partial charge on any atom is -0.545 e. The number of para-hydroxylation sites is 1. The Hall–Kier alpha value is -3.28. The van der Waals surface area contributed by atoms with E-state index in [1.54, 1.807) is 43.5 Å². The molecule has 0 spiro atoms. The SMILES string of the molecule is CCOc1ccc(-c2cc(C(=O)[O-])c3cccc(OC)c3n2)cc1OC. The van der Waals surface area contributed by atoms with Crippen molar-refractivity contribution in [3.05, 3.63) is 48.0 Å². The van der Waals surface area contributed by atoms with E-state index in [1.807, 2.05) is 6.92 Å². The first kappa shape index (κ1) is 17.5. The number of aromatic nitrogens is 1. The lowest BCUT2D eigenvalue weighted by molar-refractivity contribution is -0.254. The lowest BCUT2D eigenvalue weighted by atomic mass is 10.0. The van der Waals surface area contributed by atoms with Crippen molar-refractivity contribution in [3.8, 4) is 28.5 Å². The van der Waals surface area contributed by atoms with Crippen LogP contribution in [0.1, 0.15) is 17.3 Å². The van der Waals surface area contributed by atoms with Gasteiger partial charge < -0.3 is 24.1 Å². The molecule has 0 saturated carbocycles. The molecule has 134 valence electrons. The quantitative estimate of drug-likeness (QED) is 0.678. The lowest BCUT2D eigenvalue weighted by Crippen LogP contribution is -2.22. The molecule has 3 aromatic rings. The normalized spacial score (nSPS) is 10.6. The van der Waals surface area contributed by atoms with Crippen LogP contribution in [-0.4, -0.2) is 31.8 Å². The second-order valence-electron chi connectivity index (χ2n) is 5.50. The number of aromatic carboxylic acids is 1. The van der Waals surface area contributed by atoms with Gasteiger partial charge >= 0.3 is 0 Å². The molecule has 3 rings (SSSR count). The first-order chi connectivity index (χ1) is 12.6. The number of methoxy groups -OCH3 is 2. The Morgan fingerprint density at radius 1 is 1.04 bits per heavy atom. The highest BCUT2D eigenvalue weighted by atomic mass is 16.5. The predicted octanol–water partition coefficient (Wildman–Crippen LogP) is 2.68. The number of nitrogens with zero attached hydrogens (tertiary/aromatic N) is 1. The van der Waals surface area contributed by atoms with Gasteiger partial charge in [0.2, 0.25) is 0 Å². The number of carboxylic acids is 1. The summed E-state index contributed by atoms with van der Waals surface area (Å²) in [6, 6.07) is 11.9. The van der Waals surface area contributed by atoms with Crippen LogP contribution in [0.5, 0.6) is 17.2 Å². The number of hydrogen-bond acceptors (Lipinski definition) is 6. The maximum absolute atomic E-state index is 11.6. The summed E-state index contributed by atoms with van der Waals surface area (Å²) in [7, 11) is 3.06. The Labute approximate surface area is 151 Å². The molecule has 0 amide bonds. The molecule has 0 radical (unpaired) electrons. The van der Waals surface area contributed by atoms with Crippen molar-refractivity contribution in [2.45, 2.75) is 6.92 Å². The summed E-state index contributed by atoms with van der Waals surface area (Å²) in [5, 5.41) is 12.1. The van der Waals surface area contributed by atoms with E-state index in [-0.39, 0.29) is 5.56 Å². The Morgan fingerprint density at radius 3 is 2.46 bits per heavy atom. The number of benzene rings is 2. The van der Waals surface area contributed by atoms with Crippen LogP contribution in [0.2, 0.25) is 0 Å². The number of rotatable bonds is 6. The van der Waals surface area contributed by atoms with Crippen LogP contribution in [0.25, 0.3) is 22.2 Å². The van der Waals surface area contributed by atoms with Crippen LogP contribution in [0.4, 0.5) is 0 Å². The lowest BCUT2D eigenvalue weighted by Gasteiger charge is -2.14. The highest BCUT2D eigenvalue weighted by Gasteiger charge is 2.14. The van der Waals surface area contributed by atoms with E-state index in [4.69, 9.17) is 14.2 Å². The summed E-state index contributed by atoms with van der Waals surface area (Å²) in [4.78, 5) is 16.2. The molecule has 6 heteroatoms. The smallest absolute Gasteiger partial charge is 0.161 e. The summed E-state index contributed by atoms with van der Waals surface area (Å²) < 4.78 is 16.2. The third-order valence-corrected chi connectivity index (χ3v) is 4.00. The van der Waals surface area contributed by atoms with E-state index in [1.165, 1.54) is 13.2 Å². The van der Waals surface area contributed by atoms with Gasteiger partial charge in [-0.1, -0.05) is 12.1 Å². The number of ether oxygens (including phenoxy) is 3. The zero-order valence-corrected chi connectivity index (χ0v) is 14.7. The van der Waals surface area contributed by atoms with E-state index in [9.17, 15) is 9.90 Å². The molecule has 1 aromatic heterocycles. The maximum atomic E-state index is 11.6. The molecule has 0 bridgehead atoms. The van der Waals surface area contributed by atoms with Crippen LogP contribution in [0.15, 0.2) is 42.5 Å².